The van der Waals surface area contributed by atoms with Crippen molar-refractivity contribution in [3.63, 3.8) is 0 Å². The van der Waals surface area contributed by atoms with Gasteiger partial charge in [-0.25, -0.2) is 0 Å². The molecule has 0 saturated heterocycles. The molecule has 2 rings (SSSR count). The third-order valence-electron chi connectivity index (χ3n) is 3.46. The van der Waals surface area contributed by atoms with Gasteiger partial charge in [0.15, 0.2) is 6.29 Å². The first-order valence-corrected chi connectivity index (χ1v) is 5.77. The first kappa shape index (κ1) is 10.5. The summed E-state index contributed by atoms with van der Waals surface area (Å²) in [4.78, 5) is 10.8. The van der Waals surface area contributed by atoms with Gasteiger partial charge in [-0.3, -0.25) is 4.79 Å². The Morgan fingerprint density at radius 2 is 2.20 bits per heavy atom. The van der Waals surface area contributed by atoms with Crippen LogP contribution in [0.1, 0.15) is 54.0 Å². The van der Waals surface area contributed by atoms with Gasteiger partial charge in [-0.05, 0) is 39.2 Å². The molecule has 2 nitrogen and oxygen atoms in total. The molecular weight excluding hydrogens is 186 g/mol. The average molecular weight is 205 g/mol. The number of aryl methyl sites for hydroxylation is 1. The van der Waals surface area contributed by atoms with Gasteiger partial charge in [0.1, 0.15) is 0 Å². The van der Waals surface area contributed by atoms with Crippen LogP contribution < -0.4 is 0 Å². The summed E-state index contributed by atoms with van der Waals surface area (Å²) in [5, 5.41) is 0. The van der Waals surface area contributed by atoms with Crippen molar-refractivity contribution in [3.05, 3.63) is 23.0 Å². The van der Waals surface area contributed by atoms with Crippen LogP contribution in [0.25, 0.3) is 0 Å². The molecule has 0 N–H and O–H groups in total. The standard InChI is InChI=1S/C13H19NO/c1-9(6-12-4-5-12)14-10(2)7-13(8-15)11(14)3/h7-9,12H,4-6H2,1-3H3. The van der Waals surface area contributed by atoms with E-state index in [-0.39, 0.29) is 0 Å². The Morgan fingerprint density at radius 1 is 1.53 bits per heavy atom. The molecule has 0 bridgehead atoms. The maximum Gasteiger partial charge on any atom is 0.151 e. The molecule has 1 atom stereocenters. The normalized spacial score (nSPS) is 17.8. The fraction of sp³-hybridized carbons (Fsp3) is 0.615. The minimum Gasteiger partial charge on any atom is -0.346 e. The Morgan fingerprint density at radius 3 is 2.67 bits per heavy atom. The third-order valence-corrected chi connectivity index (χ3v) is 3.46. The fourth-order valence-electron chi connectivity index (χ4n) is 2.54. The van der Waals surface area contributed by atoms with Crippen molar-refractivity contribution >= 4 is 6.29 Å². The molecule has 0 radical (unpaired) electrons. The summed E-state index contributed by atoms with van der Waals surface area (Å²) in [6, 6.07) is 2.53. The van der Waals surface area contributed by atoms with Crippen molar-refractivity contribution in [3.8, 4) is 0 Å². The molecule has 1 aromatic rings. The van der Waals surface area contributed by atoms with Gasteiger partial charge in [-0.15, -0.1) is 0 Å². The molecule has 1 saturated carbocycles. The van der Waals surface area contributed by atoms with E-state index in [1.807, 2.05) is 13.0 Å². The van der Waals surface area contributed by atoms with E-state index in [0.717, 1.165) is 23.5 Å². The first-order chi connectivity index (χ1) is 7.13. The summed E-state index contributed by atoms with van der Waals surface area (Å²) >= 11 is 0. The van der Waals surface area contributed by atoms with E-state index in [4.69, 9.17) is 0 Å². The summed E-state index contributed by atoms with van der Waals surface area (Å²) in [6.45, 7) is 6.39. The maximum atomic E-state index is 10.8. The molecule has 0 amide bonds. The largest absolute Gasteiger partial charge is 0.346 e. The van der Waals surface area contributed by atoms with Gasteiger partial charge in [0.25, 0.3) is 0 Å². The highest BCUT2D eigenvalue weighted by Gasteiger charge is 2.25. The van der Waals surface area contributed by atoms with Crippen molar-refractivity contribution in [2.75, 3.05) is 0 Å². The molecule has 0 aromatic carbocycles. The quantitative estimate of drug-likeness (QED) is 0.691. The molecule has 1 aromatic heterocycles. The summed E-state index contributed by atoms with van der Waals surface area (Å²) in [5.74, 6) is 0.931. The molecule has 0 spiro atoms. The Hall–Kier alpha value is -1.05. The van der Waals surface area contributed by atoms with Crippen molar-refractivity contribution in [1.82, 2.24) is 4.57 Å². The highest BCUT2D eigenvalue weighted by molar-refractivity contribution is 5.77. The molecule has 0 aliphatic heterocycles. The number of aldehydes is 1. The second-order valence-corrected chi connectivity index (χ2v) is 4.84. The SMILES string of the molecule is Cc1cc(C=O)c(C)n1C(C)CC1CC1. The average Bonchev–Trinajstić information content (AvgIpc) is 2.92. The van der Waals surface area contributed by atoms with E-state index in [1.165, 1.54) is 25.0 Å². The van der Waals surface area contributed by atoms with E-state index in [9.17, 15) is 4.79 Å². The predicted molar refractivity (Wildman–Crippen MR) is 61.3 cm³/mol. The van der Waals surface area contributed by atoms with Crippen LogP contribution in [0.2, 0.25) is 0 Å². The molecule has 2 heteroatoms. The van der Waals surface area contributed by atoms with Gasteiger partial charge < -0.3 is 4.57 Å². The van der Waals surface area contributed by atoms with Crippen LogP contribution in [0.4, 0.5) is 0 Å². The second-order valence-electron chi connectivity index (χ2n) is 4.84. The molecule has 82 valence electrons. The summed E-state index contributed by atoms with van der Waals surface area (Å²) in [5.41, 5.74) is 3.17. The molecular formula is C13H19NO. The molecule has 1 aliphatic rings. The van der Waals surface area contributed by atoms with Crippen molar-refractivity contribution < 1.29 is 4.79 Å². The molecule has 1 heterocycles. The van der Waals surface area contributed by atoms with Gasteiger partial charge in [-0.2, -0.15) is 0 Å². The number of nitrogens with zero attached hydrogens (tertiary/aromatic N) is 1. The zero-order chi connectivity index (χ0) is 11.0. The van der Waals surface area contributed by atoms with Gasteiger partial charge in [0.2, 0.25) is 0 Å². The monoisotopic (exact) mass is 205 g/mol. The lowest BCUT2D eigenvalue weighted by Crippen LogP contribution is -2.09. The van der Waals surface area contributed by atoms with Gasteiger partial charge in [0, 0.05) is 23.0 Å². The van der Waals surface area contributed by atoms with E-state index >= 15 is 0 Å². The van der Waals surface area contributed by atoms with Gasteiger partial charge in [-0.1, -0.05) is 12.8 Å². The van der Waals surface area contributed by atoms with E-state index in [2.05, 4.69) is 18.4 Å². The fourth-order valence-corrected chi connectivity index (χ4v) is 2.54. The molecule has 15 heavy (non-hydrogen) atoms. The Balaban J connectivity index is 2.24. The zero-order valence-corrected chi connectivity index (χ0v) is 9.79. The van der Waals surface area contributed by atoms with Crippen LogP contribution >= 0.6 is 0 Å². The highest BCUT2D eigenvalue weighted by Crippen LogP contribution is 2.37. The van der Waals surface area contributed by atoms with Crippen molar-refractivity contribution in [1.29, 1.82) is 0 Å². The van der Waals surface area contributed by atoms with Crippen molar-refractivity contribution in [2.45, 2.75) is 46.1 Å². The van der Waals surface area contributed by atoms with Crippen molar-refractivity contribution in [2.24, 2.45) is 5.92 Å². The Bertz CT molecular complexity index is 374. The maximum absolute atomic E-state index is 10.8. The van der Waals surface area contributed by atoms with Crippen LogP contribution in [-0.2, 0) is 0 Å². The topological polar surface area (TPSA) is 22.0 Å². The molecule has 1 aliphatic carbocycles. The number of hydrogen-bond acceptors (Lipinski definition) is 1. The Kier molecular flexibility index (Phi) is 2.68. The summed E-state index contributed by atoms with van der Waals surface area (Å²) in [6.07, 6.45) is 5.01. The minimum absolute atomic E-state index is 0.534. The second kappa shape index (κ2) is 3.84. The van der Waals surface area contributed by atoms with Crippen LogP contribution in [-0.4, -0.2) is 10.9 Å². The van der Waals surface area contributed by atoms with E-state index in [1.54, 1.807) is 0 Å². The molecule has 1 unspecified atom stereocenters. The van der Waals surface area contributed by atoms with Crippen LogP contribution in [0.15, 0.2) is 6.07 Å². The molecule has 1 fully saturated rings. The zero-order valence-electron chi connectivity index (χ0n) is 9.79. The van der Waals surface area contributed by atoms with Gasteiger partial charge >= 0.3 is 0 Å². The lowest BCUT2D eigenvalue weighted by Gasteiger charge is -2.18. The highest BCUT2D eigenvalue weighted by atomic mass is 16.1. The smallest absolute Gasteiger partial charge is 0.151 e. The predicted octanol–water partition coefficient (Wildman–Crippen LogP) is 3.28. The lowest BCUT2D eigenvalue weighted by molar-refractivity contribution is 0.112. The number of aromatic nitrogens is 1. The lowest BCUT2D eigenvalue weighted by atomic mass is 10.1. The number of rotatable bonds is 4. The van der Waals surface area contributed by atoms with E-state index < -0.39 is 0 Å². The number of hydrogen-bond donors (Lipinski definition) is 0. The third kappa shape index (κ3) is 1.99. The first-order valence-electron chi connectivity index (χ1n) is 5.77. The number of carbonyl (C=O) groups excluding carboxylic acids is 1. The van der Waals surface area contributed by atoms with Crippen LogP contribution in [0.3, 0.4) is 0 Å². The summed E-state index contributed by atoms with van der Waals surface area (Å²) < 4.78 is 2.31. The van der Waals surface area contributed by atoms with Crippen LogP contribution in [0, 0.1) is 19.8 Å². The Labute approximate surface area is 91.3 Å². The van der Waals surface area contributed by atoms with Gasteiger partial charge in [0.05, 0.1) is 0 Å². The van der Waals surface area contributed by atoms with E-state index in [0.29, 0.717) is 6.04 Å². The minimum atomic E-state index is 0.534. The number of carbonyl (C=O) groups is 1. The van der Waals surface area contributed by atoms with Crippen LogP contribution in [0.5, 0.6) is 0 Å². The summed E-state index contributed by atoms with van der Waals surface area (Å²) in [7, 11) is 0.